The molecular formula is C18H19N3O. The van der Waals surface area contributed by atoms with Crippen LogP contribution in [0.15, 0.2) is 41.2 Å². The minimum Gasteiger partial charge on any atom is -0.452 e. The van der Waals surface area contributed by atoms with E-state index >= 15 is 0 Å². The van der Waals surface area contributed by atoms with Gasteiger partial charge in [0.25, 0.3) is 0 Å². The zero-order chi connectivity index (χ0) is 15.4. The van der Waals surface area contributed by atoms with Crippen LogP contribution >= 0.6 is 0 Å². The van der Waals surface area contributed by atoms with Crippen molar-refractivity contribution >= 4 is 27.6 Å². The van der Waals surface area contributed by atoms with Crippen LogP contribution in [0.3, 0.4) is 0 Å². The zero-order valence-corrected chi connectivity index (χ0v) is 13.3. The third-order valence-electron chi connectivity index (χ3n) is 4.62. The molecule has 4 nitrogen and oxygen atoms in total. The van der Waals surface area contributed by atoms with Crippen LogP contribution in [0.4, 0.5) is 5.69 Å². The summed E-state index contributed by atoms with van der Waals surface area (Å²) in [5.74, 6) is 0. The van der Waals surface area contributed by atoms with Crippen molar-refractivity contribution in [2.75, 3.05) is 11.9 Å². The number of aromatic nitrogens is 1. The monoisotopic (exact) mass is 293 g/mol. The van der Waals surface area contributed by atoms with Gasteiger partial charge in [-0.15, -0.1) is 0 Å². The Bertz CT molecular complexity index is 909. The van der Waals surface area contributed by atoms with Gasteiger partial charge in [0.05, 0.1) is 11.4 Å². The lowest BCUT2D eigenvalue weighted by molar-refractivity contribution is 0.383. The molecule has 2 aromatic heterocycles. The lowest BCUT2D eigenvalue weighted by Gasteiger charge is -2.28. The van der Waals surface area contributed by atoms with Crippen LogP contribution < -0.4 is 4.90 Å². The van der Waals surface area contributed by atoms with E-state index in [0.29, 0.717) is 0 Å². The van der Waals surface area contributed by atoms with Crippen molar-refractivity contribution in [3.8, 4) is 0 Å². The Balaban J connectivity index is 2.06. The molecule has 4 rings (SSSR count). The first-order chi connectivity index (χ1) is 10.6. The molecule has 1 aliphatic rings. The predicted molar refractivity (Wildman–Crippen MR) is 89.8 cm³/mol. The average molecular weight is 293 g/mol. The Hall–Kier alpha value is -2.49. The third-order valence-corrected chi connectivity index (χ3v) is 4.62. The molecule has 0 spiro atoms. The summed E-state index contributed by atoms with van der Waals surface area (Å²) in [5.41, 5.74) is 5.11. The van der Waals surface area contributed by atoms with E-state index in [1.165, 1.54) is 5.56 Å². The van der Waals surface area contributed by atoms with Gasteiger partial charge in [-0.3, -0.25) is 4.98 Å². The van der Waals surface area contributed by atoms with Gasteiger partial charge in [0, 0.05) is 36.4 Å². The number of aryl methyl sites for hydroxylation is 2. The summed E-state index contributed by atoms with van der Waals surface area (Å²) in [6.07, 6.45) is 6.33. The average Bonchev–Trinajstić information content (AvgIpc) is 3.03. The summed E-state index contributed by atoms with van der Waals surface area (Å²) in [6, 6.07) is 6.34. The number of hydrogen-bond acceptors (Lipinski definition) is 4. The Morgan fingerprint density at radius 3 is 2.55 bits per heavy atom. The molecule has 0 fully saturated rings. The van der Waals surface area contributed by atoms with Crippen LogP contribution in [-0.4, -0.2) is 23.1 Å². The van der Waals surface area contributed by atoms with Crippen LogP contribution in [0.1, 0.15) is 18.2 Å². The second-order valence-corrected chi connectivity index (χ2v) is 5.99. The summed E-state index contributed by atoms with van der Waals surface area (Å²) >= 11 is 0. The number of pyridine rings is 1. The number of nitrogens with zero attached hydrogens (tertiary/aromatic N) is 3. The van der Waals surface area contributed by atoms with Crippen molar-refractivity contribution in [2.24, 2.45) is 0 Å². The van der Waals surface area contributed by atoms with Gasteiger partial charge in [0.15, 0.2) is 11.2 Å². The van der Waals surface area contributed by atoms with E-state index in [4.69, 9.17) is 4.42 Å². The second-order valence-electron chi connectivity index (χ2n) is 5.99. The largest absolute Gasteiger partial charge is 0.452 e. The molecule has 3 aromatic rings. The molecule has 4 heteroatoms. The summed E-state index contributed by atoms with van der Waals surface area (Å²) in [6.45, 7) is 6.31. The van der Waals surface area contributed by atoms with Crippen LogP contribution in [0.5, 0.6) is 0 Å². The number of fused-ring (bicyclic) bond motifs is 3. The molecular weight excluding hydrogens is 274 g/mol. The van der Waals surface area contributed by atoms with Gasteiger partial charge in [-0.2, -0.15) is 0 Å². The van der Waals surface area contributed by atoms with Gasteiger partial charge in [-0.05, 0) is 32.4 Å². The van der Waals surface area contributed by atoms with Gasteiger partial charge < -0.3 is 14.2 Å². The standard InChI is InChI=1S/C18H19N3O/c1-11-5-6-14-15-7-8-19-12(2)17(15)22-18(14)16(11)21-10-9-20(4)13(21)3/h5-10,13H,1-4H3. The molecule has 1 unspecified atom stereocenters. The van der Waals surface area contributed by atoms with E-state index in [1.807, 2.05) is 19.2 Å². The minimum atomic E-state index is 0.275. The normalized spacial score (nSPS) is 18.1. The summed E-state index contributed by atoms with van der Waals surface area (Å²) in [4.78, 5) is 8.80. The fourth-order valence-corrected chi connectivity index (χ4v) is 3.19. The molecule has 1 aliphatic heterocycles. The Morgan fingerprint density at radius 2 is 1.82 bits per heavy atom. The number of rotatable bonds is 1. The first-order valence-electron chi connectivity index (χ1n) is 7.54. The molecule has 3 heterocycles. The molecule has 1 atom stereocenters. The van der Waals surface area contributed by atoms with E-state index in [1.54, 1.807) is 0 Å². The number of hydrogen-bond donors (Lipinski definition) is 0. The minimum absolute atomic E-state index is 0.275. The third kappa shape index (κ3) is 1.67. The molecule has 22 heavy (non-hydrogen) atoms. The highest BCUT2D eigenvalue weighted by atomic mass is 16.3. The molecule has 0 radical (unpaired) electrons. The lowest BCUT2D eigenvalue weighted by atomic mass is 10.1. The van der Waals surface area contributed by atoms with E-state index in [2.05, 4.69) is 60.2 Å². The van der Waals surface area contributed by atoms with Crippen LogP contribution in [-0.2, 0) is 0 Å². The smallest absolute Gasteiger partial charge is 0.159 e. The topological polar surface area (TPSA) is 32.5 Å². The molecule has 0 N–H and O–H groups in total. The number of benzene rings is 1. The second kappa shape index (κ2) is 4.50. The molecule has 0 aliphatic carbocycles. The maximum atomic E-state index is 6.23. The summed E-state index contributed by atoms with van der Waals surface area (Å²) in [5, 5.41) is 2.28. The Kier molecular flexibility index (Phi) is 2.70. The molecule has 0 saturated heterocycles. The van der Waals surface area contributed by atoms with Gasteiger partial charge in [0.1, 0.15) is 6.17 Å². The van der Waals surface area contributed by atoms with Crippen molar-refractivity contribution in [2.45, 2.75) is 26.9 Å². The SMILES string of the molecule is Cc1ccc2c(oc3c(C)nccc32)c1N1C=CN(C)C1C. The highest BCUT2D eigenvalue weighted by Gasteiger charge is 2.25. The van der Waals surface area contributed by atoms with E-state index in [9.17, 15) is 0 Å². The van der Waals surface area contributed by atoms with Crippen LogP contribution in [0.2, 0.25) is 0 Å². The van der Waals surface area contributed by atoms with Crippen molar-refractivity contribution in [1.82, 2.24) is 9.88 Å². The molecule has 112 valence electrons. The maximum absolute atomic E-state index is 6.23. The van der Waals surface area contributed by atoms with E-state index < -0.39 is 0 Å². The lowest BCUT2D eigenvalue weighted by Crippen LogP contribution is -2.33. The van der Waals surface area contributed by atoms with Gasteiger partial charge in [-0.1, -0.05) is 12.1 Å². The number of anilines is 1. The van der Waals surface area contributed by atoms with E-state index in [-0.39, 0.29) is 6.17 Å². The van der Waals surface area contributed by atoms with Crippen LogP contribution in [0.25, 0.3) is 21.9 Å². The summed E-state index contributed by atoms with van der Waals surface area (Å²) < 4.78 is 6.23. The highest BCUT2D eigenvalue weighted by Crippen LogP contribution is 2.39. The highest BCUT2D eigenvalue weighted by molar-refractivity contribution is 6.10. The van der Waals surface area contributed by atoms with Crippen molar-refractivity contribution in [1.29, 1.82) is 0 Å². The summed E-state index contributed by atoms with van der Waals surface area (Å²) in [7, 11) is 2.09. The number of furan rings is 1. The molecule has 0 saturated carbocycles. The molecule has 1 aromatic carbocycles. The maximum Gasteiger partial charge on any atom is 0.159 e. The van der Waals surface area contributed by atoms with E-state index in [0.717, 1.165) is 33.3 Å². The van der Waals surface area contributed by atoms with Crippen molar-refractivity contribution in [3.63, 3.8) is 0 Å². The van der Waals surface area contributed by atoms with Gasteiger partial charge >= 0.3 is 0 Å². The van der Waals surface area contributed by atoms with Crippen LogP contribution in [0, 0.1) is 13.8 Å². The van der Waals surface area contributed by atoms with Gasteiger partial charge in [-0.25, -0.2) is 0 Å². The first kappa shape index (κ1) is 13.2. The van der Waals surface area contributed by atoms with Crippen molar-refractivity contribution < 1.29 is 4.42 Å². The first-order valence-corrected chi connectivity index (χ1v) is 7.54. The Morgan fingerprint density at radius 1 is 1.05 bits per heavy atom. The quantitative estimate of drug-likeness (QED) is 0.674. The zero-order valence-electron chi connectivity index (χ0n) is 13.3. The Labute approximate surface area is 129 Å². The fourth-order valence-electron chi connectivity index (χ4n) is 3.19. The fraction of sp³-hybridized carbons (Fsp3) is 0.278. The van der Waals surface area contributed by atoms with Crippen molar-refractivity contribution in [3.05, 3.63) is 48.1 Å². The molecule has 0 bridgehead atoms. The van der Waals surface area contributed by atoms with Gasteiger partial charge in [0.2, 0.25) is 0 Å². The predicted octanol–water partition coefficient (Wildman–Crippen LogP) is 4.17. The molecule has 0 amide bonds.